The van der Waals surface area contributed by atoms with Crippen LogP contribution in [-0.2, 0) is 0 Å². The van der Waals surface area contributed by atoms with Crippen molar-refractivity contribution in [3.8, 4) is 0 Å². The van der Waals surface area contributed by atoms with Crippen molar-refractivity contribution in [1.29, 1.82) is 0 Å². The molecule has 106 valence electrons. The van der Waals surface area contributed by atoms with Gasteiger partial charge >= 0.3 is 0 Å². The zero-order valence-corrected chi connectivity index (χ0v) is 12.2. The van der Waals surface area contributed by atoms with Crippen LogP contribution in [-0.4, -0.2) is 10.1 Å². The number of hydrogen-bond acceptors (Lipinski definition) is 2. The van der Waals surface area contributed by atoms with Gasteiger partial charge in [-0.2, -0.15) is 0 Å². The SMILES string of the molecule is Cc1cc(C(O)C2CCCCCC2)nc2ccccc12. The van der Waals surface area contributed by atoms with E-state index < -0.39 is 6.10 Å². The molecule has 2 aromatic rings. The maximum atomic E-state index is 10.7. The van der Waals surface area contributed by atoms with Crippen LogP contribution in [0.25, 0.3) is 10.9 Å². The fourth-order valence-corrected chi connectivity index (χ4v) is 3.40. The fourth-order valence-electron chi connectivity index (χ4n) is 3.40. The van der Waals surface area contributed by atoms with E-state index in [1.807, 2.05) is 18.2 Å². The molecule has 3 rings (SSSR count). The quantitative estimate of drug-likeness (QED) is 0.811. The molecule has 1 aromatic heterocycles. The van der Waals surface area contributed by atoms with Crippen molar-refractivity contribution in [1.82, 2.24) is 4.98 Å². The van der Waals surface area contributed by atoms with Crippen molar-refractivity contribution < 1.29 is 5.11 Å². The summed E-state index contributed by atoms with van der Waals surface area (Å²) >= 11 is 0. The van der Waals surface area contributed by atoms with Gasteiger partial charge in [-0.05, 0) is 43.4 Å². The van der Waals surface area contributed by atoms with E-state index in [0.29, 0.717) is 5.92 Å². The Morgan fingerprint density at radius 2 is 1.80 bits per heavy atom. The molecule has 1 unspecified atom stereocenters. The number of aliphatic hydroxyl groups is 1. The molecule has 2 heteroatoms. The maximum absolute atomic E-state index is 10.7. The summed E-state index contributed by atoms with van der Waals surface area (Å²) in [4.78, 5) is 4.69. The third kappa shape index (κ3) is 2.71. The third-order valence-electron chi connectivity index (χ3n) is 4.59. The molecular formula is C18H23NO. The molecule has 1 aliphatic rings. The van der Waals surface area contributed by atoms with Crippen molar-refractivity contribution in [3.05, 3.63) is 41.6 Å². The minimum atomic E-state index is -0.406. The van der Waals surface area contributed by atoms with Crippen molar-refractivity contribution in [2.45, 2.75) is 51.6 Å². The van der Waals surface area contributed by atoms with E-state index in [4.69, 9.17) is 4.98 Å². The Morgan fingerprint density at radius 3 is 2.55 bits per heavy atom. The highest BCUT2D eigenvalue weighted by Crippen LogP contribution is 2.33. The molecule has 1 atom stereocenters. The van der Waals surface area contributed by atoms with Crippen LogP contribution >= 0.6 is 0 Å². The Labute approximate surface area is 120 Å². The molecule has 0 spiro atoms. The lowest BCUT2D eigenvalue weighted by atomic mass is 9.91. The maximum Gasteiger partial charge on any atom is 0.0988 e. The first-order valence-corrected chi connectivity index (χ1v) is 7.80. The predicted octanol–water partition coefficient (Wildman–Crippen LogP) is 4.55. The lowest BCUT2D eigenvalue weighted by Crippen LogP contribution is -2.13. The van der Waals surface area contributed by atoms with E-state index >= 15 is 0 Å². The highest BCUT2D eigenvalue weighted by molar-refractivity contribution is 5.82. The van der Waals surface area contributed by atoms with E-state index in [1.54, 1.807) is 0 Å². The summed E-state index contributed by atoms with van der Waals surface area (Å²) in [6.45, 7) is 2.10. The van der Waals surface area contributed by atoms with Crippen LogP contribution < -0.4 is 0 Å². The van der Waals surface area contributed by atoms with Crippen LogP contribution in [0, 0.1) is 12.8 Å². The van der Waals surface area contributed by atoms with E-state index in [2.05, 4.69) is 19.1 Å². The van der Waals surface area contributed by atoms with Crippen LogP contribution in [0.3, 0.4) is 0 Å². The first kappa shape index (κ1) is 13.6. The molecule has 1 aliphatic carbocycles. The molecule has 0 radical (unpaired) electrons. The Balaban J connectivity index is 1.92. The molecule has 0 aliphatic heterocycles. The number of benzene rings is 1. The summed E-state index contributed by atoms with van der Waals surface area (Å²) in [6.07, 6.45) is 6.98. The smallest absolute Gasteiger partial charge is 0.0988 e. The standard InChI is InChI=1S/C18H23NO/c1-13-12-17(19-16-11-7-6-10-15(13)16)18(20)14-8-4-2-3-5-9-14/h6-7,10-12,14,18,20H,2-5,8-9H2,1H3. The molecular weight excluding hydrogens is 246 g/mol. The number of pyridine rings is 1. The van der Waals surface area contributed by atoms with Crippen LogP contribution in [0.15, 0.2) is 30.3 Å². The first-order chi connectivity index (χ1) is 9.75. The number of para-hydroxylation sites is 1. The molecule has 1 fully saturated rings. The largest absolute Gasteiger partial charge is 0.387 e. The Kier molecular flexibility index (Phi) is 4.02. The number of nitrogens with zero attached hydrogens (tertiary/aromatic N) is 1. The van der Waals surface area contributed by atoms with Crippen molar-refractivity contribution in [2.24, 2.45) is 5.92 Å². The topological polar surface area (TPSA) is 33.1 Å². The van der Waals surface area contributed by atoms with Crippen LogP contribution in [0.2, 0.25) is 0 Å². The summed E-state index contributed by atoms with van der Waals surface area (Å²) < 4.78 is 0. The van der Waals surface area contributed by atoms with Gasteiger partial charge in [-0.1, -0.05) is 43.9 Å². The average Bonchev–Trinajstić information content (AvgIpc) is 2.75. The number of aliphatic hydroxyl groups excluding tert-OH is 1. The molecule has 1 aromatic carbocycles. The van der Waals surface area contributed by atoms with Gasteiger partial charge in [0.2, 0.25) is 0 Å². The number of rotatable bonds is 2. The van der Waals surface area contributed by atoms with Crippen LogP contribution in [0.4, 0.5) is 0 Å². The van der Waals surface area contributed by atoms with E-state index in [9.17, 15) is 5.11 Å². The van der Waals surface area contributed by atoms with Gasteiger partial charge in [0, 0.05) is 5.39 Å². The van der Waals surface area contributed by atoms with Gasteiger partial charge in [0.25, 0.3) is 0 Å². The molecule has 1 heterocycles. The zero-order chi connectivity index (χ0) is 13.9. The van der Waals surface area contributed by atoms with Gasteiger partial charge in [-0.25, -0.2) is 0 Å². The van der Waals surface area contributed by atoms with Gasteiger partial charge in [-0.15, -0.1) is 0 Å². The highest BCUT2D eigenvalue weighted by Gasteiger charge is 2.23. The monoisotopic (exact) mass is 269 g/mol. The normalized spacial score (nSPS) is 18.9. The zero-order valence-electron chi connectivity index (χ0n) is 12.2. The molecule has 1 N–H and O–H groups in total. The fraction of sp³-hybridized carbons (Fsp3) is 0.500. The summed E-state index contributed by atoms with van der Waals surface area (Å²) in [5.74, 6) is 0.380. The Hall–Kier alpha value is -1.41. The summed E-state index contributed by atoms with van der Waals surface area (Å²) in [5.41, 5.74) is 3.06. The van der Waals surface area contributed by atoms with Crippen LogP contribution in [0.5, 0.6) is 0 Å². The molecule has 0 bridgehead atoms. The summed E-state index contributed by atoms with van der Waals surface area (Å²) in [5, 5.41) is 11.9. The van der Waals surface area contributed by atoms with Crippen LogP contribution in [0.1, 0.15) is 55.9 Å². The summed E-state index contributed by atoms with van der Waals surface area (Å²) in [7, 11) is 0. The number of aryl methyl sites for hydroxylation is 1. The number of hydrogen-bond donors (Lipinski definition) is 1. The minimum Gasteiger partial charge on any atom is -0.387 e. The molecule has 0 amide bonds. The van der Waals surface area contributed by atoms with Gasteiger partial charge in [0.05, 0.1) is 17.3 Å². The molecule has 2 nitrogen and oxygen atoms in total. The predicted molar refractivity (Wildman–Crippen MR) is 82.6 cm³/mol. The second kappa shape index (κ2) is 5.92. The van der Waals surface area contributed by atoms with Crippen molar-refractivity contribution >= 4 is 10.9 Å². The van der Waals surface area contributed by atoms with E-state index in [0.717, 1.165) is 24.1 Å². The lowest BCUT2D eigenvalue weighted by Gasteiger charge is -2.21. The number of aromatic nitrogens is 1. The first-order valence-electron chi connectivity index (χ1n) is 7.80. The molecule has 1 saturated carbocycles. The van der Waals surface area contributed by atoms with Gasteiger partial charge in [0.15, 0.2) is 0 Å². The summed E-state index contributed by atoms with van der Waals surface area (Å²) in [6, 6.07) is 10.2. The van der Waals surface area contributed by atoms with Gasteiger partial charge in [-0.3, -0.25) is 4.98 Å². The second-order valence-electron chi connectivity index (χ2n) is 6.08. The van der Waals surface area contributed by atoms with E-state index in [-0.39, 0.29) is 0 Å². The average molecular weight is 269 g/mol. The Morgan fingerprint density at radius 1 is 1.10 bits per heavy atom. The van der Waals surface area contributed by atoms with Crippen molar-refractivity contribution in [2.75, 3.05) is 0 Å². The highest BCUT2D eigenvalue weighted by atomic mass is 16.3. The number of fused-ring (bicyclic) bond motifs is 1. The minimum absolute atomic E-state index is 0.380. The Bertz CT molecular complexity index is 585. The lowest BCUT2D eigenvalue weighted by molar-refractivity contribution is 0.0950. The van der Waals surface area contributed by atoms with Gasteiger partial charge in [0.1, 0.15) is 0 Å². The van der Waals surface area contributed by atoms with Gasteiger partial charge < -0.3 is 5.11 Å². The van der Waals surface area contributed by atoms with E-state index in [1.165, 1.54) is 36.6 Å². The third-order valence-corrected chi connectivity index (χ3v) is 4.59. The molecule has 20 heavy (non-hydrogen) atoms. The van der Waals surface area contributed by atoms with Crippen molar-refractivity contribution in [3.63, 3.8) is 0 Å². The second-order valence-corrected chi connectivity index (χ2v) is 6.08. The molecule has 0 saturated heterocycles.